The fraction of sp³-hybridized carbons (Fsp3) is 0.538. The zero-order valence-electron chi connectivity index (χ0n) is 10.3. The van der Waals surface area contributed by atoms with Gasteiger partial charge in [-0.05, 0) is 38.5 Å². The molecule has 3 heteroatoms. The maximum Gasteiger partial charge on any atom is 0.0409 e. The third-order valence-corrected chi connectivity index (χ3v) is 3.11. The Bertz CT molecular complexity index is 325. The van der Waals surface area contributed by atoms with Crippen molar-refractivity contribution in [1.29, 1.82) is 0 Å². The summed E-state index contributed by atoms with van der Waals surface area (Å²) in [5.41, 5.74) is 6.89. The summed E-state index contributed by atoms with van der Waals surface area (Å²) in [5.74, 6) is 0. The molecule has 0 saturated heterocycles. The van der Waals surface area contributed by atoms with Gasteiger partial charge < -0.3 is 5.73 Å². The maximum absolute atomic E-state index is 6.01. The molecule has 1 unspecified atom stereocenters. The zero-order valence-corrected chi connectivity index (χ0v) is 11.0. The van der Waals surface area contributed by atoms with Crippen LogP contribution in [0.25, 0.3) is 0 Å². The van der Waals surface area contributed by atoms with Crippen molar-refractivity contribution in [3.05, 3.63) is 34.9 Å². The average Bonchev–Trinajstić information content (AvgIpc) is 2.24. The number of nitrogens with zero attached hydrogens (tertiary/aromatic N) is 1. The fourth-order valence-electron chi connectivity index (χ4n) is 2.01. The van der Waals surface area contributed by atoms with E-state index in [0.29, 0.717) is 18.6 Å². The van der Waals surface area contributed by atoms with Gasteiger partial charge in [0.1, 0.15) is 0 Å². The molecule has 1 atom stereocenters. The van der Waals surface area contributed by atoms with E-state index in [1.165, 1.54) is 5.56 Å². The van der Waals surface area contributed by atoms with Gasteiger partial charge in [-0.1, -0.05) is 23.7 Å². The first-order valence-electron chi connectivity index (χ1n) is 5.77. The number of benzene rings is 1. The largest absolute Gasteiger partial charge is 0.329 e. The van der Waals surface area contributed by atoms with Gasteiger partial charge in [-0.3, -0.25) is 4.90 Å². The van der Waals surface area contributed by atoms with E-state index in [2.05, 4.69) is 31.7 Å². The summed E-state index contributed by atoms with van der Waals surface area (Å²) in [7, 11) is 0. The molecule has 1 rings (SSSR count). The van der Waals surface area contributed by atoms with Crippen LogP contribution in [0.5, 0.6) is 0 Å². The lowest BCUT2D eigenvalue weighted by Crippen LogP contribution is -2.37. The molecule has 0 aliphatic heterocycles. The van der Waals surface area contributed by atoms with E-state index in [1.54, 1.807) is 0 Å². The Hall–Kier alpha value is -0.570. The van der Waals surface area contributed by atoms with Crippen molar-refractivity contribution in [2.45, 2.75) is 32.9 Å². The molecule has 1 aromatic rings. The molecule has 0 heterocycles. The van der Waals surface area contributed by atoms with Crippen LogP contribution >= 0.6 is 11.6 Å². The summed E-state index contributed by atoms with van der Waals surface area (Å²) in [6.45, 7) is 8.17. The van der Waals surface area contributed by atoms with E-state index in [4.69, 9.17) is 17.3 Å². The highest BCUT2D eigenvalue weighted by Gasteiger charge is 2.17. The van der Waals surface area contributed by atoms with Crippen LogP contribution in [0.1, 0.15) is 32.4 Å². The first-order valence-corrected chi connectivity index (χ1v) is 6.15. The topological polar surface area (TPSA) is 29.3 Å². The second-order valence-corrected chi connectivity index (χ2v) is 4.79. The van der Waals surface area contributed by atoms with E-state index in [0.717, 1.165) is 11.6 Å². The van der Waals surface area contributed by atoms with Gasteiger partial charge in [-0.25, -0.2) is 0 Å². The number of halogens is 1. The Labute approximate surface area is 103 Å². The highest BCUT2D eigenvalue weighted by molar-refractivity contribution is 6.30. The molecule has 0 aromatic heterocycles. The van der Waals surface area contributed by atoms with Gasteiger partial charge in [0.15, 0.2) is 0 Å². The third-order valence-electron chi connectivity index (χ3n) is 2.88. The molecule has 0 aliphatic rings. The molecule has 0 saturated carbocycles. The van der Waals surface area contributed by atoms with E-state index < -0.39 is 0 Å². The van der Waals surface area contributed by atoms with Gasteiger partial charge >= 0.3 is 0 Å². The molecule has 0 spiro atoms. The van der Waals surface area contributed by atoms with Crippen molar-refractivity contribution in [2.75, 3.05) is 13.1 Å². The molecule has 0 bridgehead atoms. The minimum atomic E-state index is 0.349. The Morgan fingerprint density at radius 2 is 2.00 bits per heavy atom. The molecule has 0 amide bonds. The van der Waals surface area contributed by atoms with E-state index in [-0.39, 0.29) is 0 Å². The molecule has 0 radical (unpaired) electrons. The van der Waals surface area contributed by atoms with Crippen LogP contribution in [-0.4, -0.2) is 24.0 Å². The summed E-state index contributed by atoms with van der Waals surface area (Å²) in [6, 6.07) is 8.87. The minimum Gasteiger partial charge on any atom is -0.329 e. The molecule has 2 nitrogen and oxygen atoms in total. The second kappa shape index (κ2) is 6.24. The monoisotopic (exact) mass is 240 g/mol. The lowest BCUT2D eigenvalue weighted by atomic mass is 10.1. The Morgan fingerprint density at radius 1 is 1.31 bits per heavy atom. The van der Waals surface area contributed by atoms with Crippen LogP contribution in [0.4, 0.5) is 0 Å². The maximum atomic E-state index is 6.01. The molecule has 0 fully saturated rings. The van der Waals surface area contributed by atoms with Gasteiger partial charge in [-0.2, -0.15) is 0 Å². The molecule has 90 valence electrons. The van der Waals surface area contributed by atoms with Crippen LogP contribution in [-0.2, 0) is 0 Å². The van der Waals surface area contributed by atoms with Gasteiger partial charge in [0, 0.05) is 30.2 Å². The SMILES string of the molecule is CC(C)N(CCN)C(C)c1cccc(Cl)c1. The lowest BCUT2D eigenvalue weighted by Gasteiger charge is -2.32. The standard InChI is InChI=1S/C13H21ClN2/c1-10(2)16(8-7-15)11(3)12-5-4-6-13(14)9-12/h4-6,9-11H,7-8,15H2,1-3H3. The highest BCUT2D eigenvalue weighted by Crippen LogP contribution is 2.24. The van der Waals surface area contributed by atoms with Crippen LogP contribution in [0, 0.1) is 0 Å². The predicted octanol–water partition coefficient (Wildman–Crippen LogP) is 3.07. The summed E-state index contributed by atoms with van der Waals surface area (Å²) in [4.78, 5) is 2.38. The molecular weight excluding hydrogens is 220 g/mol. The molecule has 2 N–H and O–H groups in total. The fourth-order valence-corrected chi connectivity index (χ4v) is 2.20. The minimum absolute atomic E-state index is 0.349. The highest BCUT2D eigenvalue weighted by atomic mass is 35.5. The molecule has 1 aromatic carbocycles. The first kappa shape index (κ1) is 13.5. The van der Waals surface area contributed by atoms with Gasteiger partial charge in [0.25, 0.3) is 0 Å². The smallest absolute Gasteiger partial charge is 0.0409 e. The summed E-state index contributed by atoms with van der Waals surface area (Å²) >= 11 is 6.01. The van der Waals surface area contributed by atoms with Crippen molar-refractivity contribution in [1.82, 2.24) is 4.90 Å². The summed E-state index contributed by atoms with van der Waals surface area (Å²) in [5, 5.41) is 0.792. The lowest BCUT2D eigenvalue weighted by molar-refractivity contribution is 0.170. The van der Waals surface area contributed by atoms with Crippen molar-refractivity contribution in [3.8, 4) is 0 Å². The van der Waals surface area contributed by atoms with E-state index in [9.17, 15) is 0 Å². The quantitative estimate of drug-likeness (QED) is 0.857. The Balaban J connectivity index is 2.85. The Kier molecular flexibility index (Phi) is 5.26. The zero-order chi connectivity index (χ0) is 12.1. The molecule has 0 aliphatic carbocycles. The van der Waals surface area contributed by atoms with Crippen molar-refractivity contribution in [2.24, 2.45) is 5.73 Å². The van der Waals surface area contributed by atoms with E-state index in [1.807, 2.05) is 18.2 Å². The number of hydrogen-bond donors (Lipinski definition) is 1. The summed E-state index contributed by atoms with van der Waals surface area (Å²) < 4.78 is 0. The van der Waals surface area contributed by atoms with Crippen molar-refractivity contribution < 1.29 is 0 Å². The van der Waals surface area contributed by atoms with Crippen LogP contribution in [0.3, 0.4) is 0 Å². The van der Waals surface area contributed by atoms with Crippen LogP contribution < -0.4 is 5.73 Å². The predicted molar refractivity (Wildman–Crippen MR) is 70.8 cm³/mol. The van der Waals surface area contributed by atoms with Crippen LogP contribution in [0.15, 0.2) is 24.3 Å². The van der Waals surface area contributed by atoms with Gasteiger partial charge in [0.05, 0.1) is 0 Å². The Morgan fingerprint density at radius 3 is 2.50 bits per heavy atom. The molecular formula is C13H21ClN2. The summed E-state index contributed by atoms with van der Waals surface area (Å²) in [6.07, 6.45) is 0. The van der Waals surface area contributed by atoms with Crippen LogP contribution in [0.2, 0.25) is 5.02 Å². The number of hydrogen-bond acceptors (Lipinski definition) is 2. The van der Waals surface area contributed by atoms with Gasteiger partial charge in [0.2, 0.25) is 0 Å². The average molecular weight is 241 g/mol. The number of nitrogens with two attached hydrogens (primary N) is 1. The number of rotatable bonds is 5. The van der Waals surface area contributed by atoms with Crippen molar-refractivity contribution in [3.63, 3.8) is 0 Å². The van der Waals surface area contributed by atoms with Gasteiger partial charge in [-0.15, -0.1) is 0 Å². The molecule has 16 heavy (non-hydrogen) atoms. The van der Waals surface area contributed by atoms with Crippen molar-refractivity contribution >= 4 is 11.6 Å². The first-order chi connectivity index (χ1) is 7.56. The normalized spacial score (nSPS) is 13.4. The third kappa shape index (κ3) is 3.48. The van der Waals surface area contributed by atoms with E-state index >= 15 is 0 Å². The second-order valence-electron chi connectivity index (χ2n) is 4.35.